The third-order valence-corrected chi connectivity index (χ3v) is 2.72. The first-order chi connectivity index (χ1) is 10.0. The first-order valence-electron chi connectivity index (χ1n) is 6.69. The average molecular weight is 294 g/mol. The molecule has 0 bridgehead atoms. The number of hydrogen-bond acceptors (Lipinski definition) is 5. The quantitative estimate of drug-likeness (QED) is 0.340. The molecular formula is C14H18N2O5. The van der Waals surface area contributed by atoms with Crippen LogP contribution >= 0.6 is 0 Å². The van der Waals surface area contributed by atoms with Crippen LogP contribution in [0, 0.1) is 10.1 Å². The van der Waals surface area contributed by atoms with Crippen LogP contribution in [0.2, 0.25) is 0 Å². The monoisotopic (exact) mass is 294 g/mol. The lowest BCUT2D eigenvalue weighted by Crippen LogP contribution is -2.26. The van der Waals surface area contributed by atoms with Gasteiger partial charge in [0.25, 0.3) is 5.69 Å². The van der Waals surface area contributed by atoms with Crippen LogP contribution in [-0.4, -0.2) is 30.0 Å². The molecular weight excluding hydrogens is 276 g/mol. The van der Waals surface area contributed by atoms with Gasteiger partial charge >= 0.3 is 5.97 Å². The maximum absolute atomic E-state index is 11.7. The molecule has 0 saturated heterocycles. The molecule has 0 aliphatic heterocycles. The van der Waals surface area contributed by atoms with Crippen LogP contribution in [0.3, 0.4) is 0 Å². The van der Waals surface area contributed by atoms with Gasteiger partial charge in [-0.2, -0.15) is 0 Å². The molecule has 0 heterocycles. The van der Waals surface area contributed by atoms with Gasteiger partial charge in [0.2, 0.25) is 5.91 Å². The second kappa shape index (κ2) is 8.68. The minimum Gasteiger partial charge on any atom is -0.466 e. The lowest BCUT2D eigenvalue weighted by molar-refractivity contribution is -0.385. The largest absolute Gasteiger partial charge is 0.466 e. The molecule has 0 atom stereocenters. The van der Waals surface area contributed by atoms with E-state index in [4.69, 9.17) is 4.74 Å². The van der Waals surface area contributed by atoms with E-state index in [1.54, 1.807) is 25.1 Å². The number of nitro benzene ring substituents is 1. The van der Waals surface area contributed by atoms with Gasteiger partial charge in [-0.3, -0.25) is 19.7 Å². The zero-order chi connectivity index (χ0) is 15.7. The number of carbonyl (C=O) groups excluding carboxylic acids is 2. The fourth-order valence-corrected chi connectivity index (χ4v) is 1.77. The maximum Gasteiger partial charge on any atom is 0.305 e. The van der Waals surface area contributed by atoms with Crippen molar-refractivity contribution in [1.29, 1.82) is 0 Å². The van der Waals surface area contributed by atoms with Gasteiger partial charge in [0.1, 0.15) is 0 Å². The Morgan fingerprint density at radius 3 is 2.71 bits per heavy atom. The number of nitrogens with zero attached hydrogens (tertiary/aromatic N) is 1. The molecule has 0 aliphatic carbocycles. The van der Waals surface area contributed by atoms with Gasteiger partial charge in [0.05, 0.1) is 18.0 Å². The summed E-state index contributed by atoms with van der Waals surface area (Å²) in [5, 5.41) is 13.4. The summed E-state index contributed by atoms with van der Waals surface area (Å²) in [4.78, 5) is 33.1. The second-order valence-electron chi connectivity index (χ2n) is 4.32. The minimum atomic E-state index is -0.511. The zero-order valence-electron chi connectivity index (χ0n) is 11.8. The van der Waals surface area contributed by atoms with Crippen LogP contribution in [0.1, 0.15) is 25.3 Å². The van der Waals surface area contributed by atoms with Gasteiger partial charge in [-0.25, -0.2) is 0 Å². The third kappa shape index (κ3) is 6.03. The number of benzene rings is 1. The Bertz CT molecular complexity index is 516. The van der Waals surface area contributed by atoms with Crippen molar-refractivity contribution in [3.63, 3.8) is 0 Å². The van der Waals surface area contributed by atoms with Crippen molar-refractivity contribution >= 4 is 17.6 Å². The Labute approximate surface area is 122 Å². The van der Waals surface area contributed by atoms with Crippen LogP contribution in [0.4, 0.5) is 5.69 Å². The summed E-state index contributed by atoms with van der Waals surface area (Å²) in [7, 11) is 0. The van der Waals surface area contributed by atoms with Gasteiger partial charge < -0.3 is 10.1 Å². The molecule has 0 fully saturated rings. The number of ether oxygens (including phenoxy) is 1. The number of carbonyl (C=O) groups is 2. The van der Waals surface area contributed by atoms with Gasteiger partial charge in [0, 0.05) is 24.6 Å². The van der Waals surface area contributed by atoms with Crippen LogP contribution in [0.5, 0.6) is 0 Å². The number of nitro groups is 1. The van der Waals surface area contributed by atoms with Crippen LogP contribution < -0.4 is 5.32 Å². The zero-order valence-corrected chi connectivity index (χ0v) is 11.8. The molecule has 1 rings (SSSR count). The maximum atomic E-state index is 11.7. The van der Waals surface area contributed by atoms with Crippen molar-refractivity contribution in [1.82, 2.24) is 5.32 Å². The molecule has 7 nitrogen and oxygen atoms in total. The number of rotatable bonds is 8. The van der Waals surface area contributed by atoms with E-state index in [2.05, 4.69) is 5.32 Å². The fraction of sp³-hybridized carbons (Fsp3) is 0.429. The van der Waals surface area contributed by atoms with Crippen LogP contribution in [0.15, 0.2) is 24.3 Å². The normalized spacial score (nSPS) is 9.95. The summed E-state index contributed by atoms with van der Waals surface area (Å²) in [6, 6.07) is 6.12. The van der Waals surface area contributed by atoms with E-state index < -0.39 is 4.92 Å². The van der Waals surface area contributed by atoms with Crippen molar-refractivity contribution in [3.05, 3.63) is 39.9 Å². The van der Waals surface area contributed by atoms with Gasteiger partial charge in [-0.15, -0.1) is 0 Å². The summed E-state index contributed by atoms with van der Waals surface area (Å²) in [5.41, 5.74) is 0.296. The van der Waals surface area contributed by atoms with Crippen molar-refractivity contribution in [3.8, 4) is 0 Å². The molecule has 0 radical (unpaired) electrons. The highest BCUT2D eigenvalue weighted by Gasteiger charge is 2.15. The second-order valence-corrected chi connectivity index (χ2v) is 4.32. The molecule has 0 aromatic heterocycles. The lowest BCUT2D eigenvalue weighted by Gasteiger charge is -2.06. The fourth-order valence-electron chi connectivity index (χ4n) is 1.77. The Morgan fingerprint density at radius 2 is 2.05 bits per heavy atom. The smallest absolute Gasteiger partial charge is 0.305 e. The standard InChI is InChI=1S/C14H18N2O5/c1-2-21-14(18)8-5-9-15-13(17)10-11-6-3-4-7-12(11)16(19)20/h3-4,6-7H,2,5,8-10H2,1H3,(H,15,17). The summed E-state index contributed by atoms with van der Waals surface area (Å²) >= 11 is 0. The van der Waals surface area contributed by atoms with E-state index in [-0.39, 0.29) is 30.4 Å². The van der Waals surface area contributed by atoms with Crippen LogP contribution in [-0.2, 0) is 20.7 Å². The van der Waals surface area contributed by atoms with E-state index in [1.165, 1.54) is 6.07 Å². The number of esters is 1. The van der Waals surface area contributed by atoms with Gasteiger partial charge in [0.15, 0.2) is 0 Å². The topological polar surface area (TPSA) is 98.5 Å². The molecule has 0 saturated carbocycles. The Morgan fingerprint density at radius 1 is 1.33 bits per heavy atom. The molecule has 1 N–H and O–H groups in total. The highest BCUT2D eigenvalue weighted by Crippen LogP contribution is 2.17. The molecule has 1 aromatic carbocycles. The lowest BCUT2D eigenvalue weighted by atomic mass is 10.1. The third-order valence-electron chi connectivity index (χ3n) is 2.72. The molecule has 0 spiro atoms. The Balaban J connectivity index is 2.38. The summed E-state index contributed by atoms with van der Waals surface area (Å²) in [6.07, 6.45) is 0.650. The van der Waals surface area contributed by atoms with Crippen molar-refractivity contribution in [2.75, 3.05) is 13.2 Å². The first-order valence-corrected chi connectivity index (χ1v) is 6.69. The van der Waals surface area contributed by atoms with E-state index in [1.807, 2.05) is 0 Å². The predicted molar refractivity (Wildman–Crippen MR) is 75.7 cm³/mol. The molecule has 1 amide bonds. The number of amides is 1. The first kappa shape index (κ1) is 16.6. The molecule has 7 heteroatoms. The van der Waals surface area contributed by atoms with Gasteiger partial charge in [-0.1, -0.05) is 18.2 Å². The van der Waals surface area contributed by atoms with E-state index in [9.17, 15) is 19.7 Å². The van der Waals surface area contributed by atoms with Gasteiger partial charge in [-0.05, 0) is 13.3 Å². The molecule has 0 unspecified atom stereocenters. The average Bonchev–Trinajstić information content (AvgIpc) is 2.44. The molecule has 114 valence electrons. The minimum absolute atomic E-state index is 0.0590. The Kier molecular flexibility index (Phi) is 6.86. The van der Waals surface area contributed by atoms with E-state index in [0.29, 0.717) is 25.1 Å². The van der Waals surface area contributed by atoms with Crippen LogP contribution in [0.25, 0.3) is 0 Å². The van der Waals surface area contributed by atoms with E-state index >= 15 is 0 Å². The summed E-state index contributed by atoms with van der Waals surface area (Å²) in [5.74, 6) is -0.612. The van der Waals surface area contributed by atoms with E-state index in [0.717, 1.165) is 0 Å². The summed E-state index contributed by atoms with van der Waals surface area (Å²) < 4.78 is 4.76. The Hall–Kier alpha value is -2.44. The SMILES string of the molecule is CCOC(=O)CCCNC(=O)Cc1ccccc1[N+](=O)[O-]. The summed E-state index contributed by atoms with van der Waals surface area (Å²) in [6.45, 7) is 2.40. The molecule has 0 aliphatic rings. The highest BCUT2D eigenvalue weighted by atomic mass is 16.6. The highest BCUT2D eigenvalue weighted by molar-refractivity contribution is 5.79. The number of nitrogens with one attached hydrogen (secondary N) is 1. The van der Waals surface area contributed by atoms with Crippen molar-refractivity contribution < 1.29 is 19.2 Å². The number of para-hydroxylation sites is 1. The number of hydrogen-bond donors (Lipinski definition) is 1. The van der Waals surface area contributed by atoms with Crippen molar-refractivity contribution in [2.24, 2.45) is 0 Å². The molecule has 21 heavy (non-hydrogen) atoms. The molecule has 1 aromatic rings. The predicted octanol–water partition coefficient (Wildman–Crippen LogP) is 1.60. The van der Waals surface area contributed by atoms with Crippen molar-refractivity contribution in [2.45, 2.75) is 26.2 Å².